The molecular formula is C22H19ClN2O3. The summed E-state index contributed by atoms with van der Waals surface area (Å²) < 4.78 is 0. The van der Waals surface area contributed by atoms with Crippen LogP contribution >= 0.6 is 11.6 Å². The molecule has 5 nitrogen and oxygen atoms in total. The van der Waals surface area contributed by atoms with Gasteiger partial charge in [0.1, 0.15) is 0 Å². The number of nitrogens with one attached hydrogen (secondary N) is 1. The van der Waals surface area contributed by atoms with E-state index in [9.17, 15) is 9.59 Å². The van der Waals surface area contributed by atoms with E-state index in [0.29, 0.717) is 22.9 Å². The second kappa shape index (κ2) is 9.06. The van der Waals surface area contributed by atoms with Crippen LogP contribution in [0.5, 0.6) is 0 Å². The summed E-state index contributed by atoms with van der Waals surface area (Å²) in [6.45, 7) is 0.409. The second-order valence-corrected chi connectivity index (χ2v) is 6.69. The number of hydrogen-bond donors (Lipinski definition) is 2. The zero-order valence-corrected chi connectivity index (χ0v) is 15.8. The van der Waals surface area contributed by atoms with Crippen LogP contribution in [-0.4, -0.2) is 17.1 Å². The SMILES string of the molecule is O=C(O)Nc1ccc(N(Cc2ccccc2)C(=O)Cc2cccc(Cl)c2)cc1. The number of nitrogens with zero attached hydrogens (tertiary/aromatic N) is 1. The van der Waals surface area contributed by atoms with Crippen LogP contribution in [0.4, 0.5) is 16.2 Å². The summed E-state index contributed by atoms with van der Waals surface area (Å²) in [6, 6.07) is 23.6. The van der Waals surface area contributed by atoms with Crippen molar-refractivity contribution in [1.82, 2.24) is 0 Å². The highest BCUT2D eigenvalue weighted by Gasteiger charge is 2.17. The second-order valence-electron chi connectivity index (χ2n) is 6.25. The number of halogens is 1. The molecule has 0 fully saturated rings. The zero-order chi connectivity index (χ0) is 19.9. The lowest BCUT2D eigenvalue weighted by Crippen LogP contribution is -2.31. The number of carboxylic acid groups (broad SMARTS) is 1. The molecule has 2 N–H and O–H groups in total. The Hall–Kier alpha value is -3.31. The van der Waals surface area contributed by atoms with Gasteiger partial charge in [0.05, 0.1) is 13.0 Å². The van der Waals surface area contributed by atoms with Crippen molar-refractivity contribution in [3.8, 4) is 0 Å². The predicted molar refractivity (Wildman–Crippen MR) is 111 cm³/mol. The first-order valence-electron chi connectivity index (χ1n) is 8.70. The van der Waals surface area contributed by atoms with E-state index in [2.05, 4.69) is 5.32 Å². The molecule has 0 aliphatic heterocycles. The maximum absolute atomic E-state index is 13.1. The fraction of sp³-hybridized carbons (Fsp3) is 0.0909. The van der Waals surface area contributed by atoms with Gasteiger partial charge >= 0.3 is 6.09 Å². The average molecular weight is 395 g/mol. The van der Waals surface area contributed by atoms with Gasteiger partial charge in [-0.1, -0.05) is 54.1 Å². The molecule has 0 heterocycles. The summed E-state index contributed by atoms with van der Waals surface area (Å²) >= 11 is 6.03. The topological polar surface area (TPSA) is 69.6 Å². The Bertz CT molecular complexity index is 959. The quantitative estimate of drug-likeness (QED) is 0.603. The van der Waals surface area contributed by atoms with Gasteiger partial charge in [0, 0.05) is 16.4 Å². The van der Waals surface area contributed by atoms with Crippen molar-refractivity contribution in [1.29, 1.82) is 0 Å². The molecule has 3 rings (SSSR count). The van der Waals surface area contributed by atoms with Gasteiger partial charge in [-0.25, -0.2) is 4.79 Å². The maximum atomic E-state index is 13.1. The van der Waals surface area contributed by atoms with Gasteiger partial charge in [-0.2, -0.15) is 0 Å². The number of carbonyl (C=O) groups is 2. The number of anilines is 2. The molecule has 0 saturated heterocycles. The summed E-state index contributed by atoms with van der Waals surface area (Å²) in [7, 11) is 0. The van der Waals surface area contributed by atoms with Gasteiger partial charge in [0.2, 0.25) is 5.91 Å². The molecule has 0 bridgehead atoms. The van der Waals surface area contributed by atoms with Gasteiger partial charge in [0.15, 0.2) is 0 Å². The van der Waals surface area contributed by atoms with Crippen molar-refractivity contribution in [2.75, 3.05) is 10.2 Å². The Balaban J connectivity index is 1.85. The van der Waals surface area contributed by atoms with Gasteiger partial charge in [-0.15, -0.1) is 0 Å². The Morgan fingerprint density at radius 1 is 0.893 bits per heavy atom. The fourth-order valence-corrected chi connectivity index (χ4v) is 3.07. The van der Waals surface area contributed by atoms with Crippen molar-refractivity contribution >= 4 is 35.0 Å². The third kappa shape index (κ3) is 5.34. The van der Waals surface area contributed by atoms with E-state index in [-0.39, 0.29) is 12.3 Å². The summed E-state index contributed by atoms with van der Waals surface area (Å²) in [5, 5.41) is 11.7. The van der Waals surface area contributed by atoms with Crippen molar-refractivity contribution in [3.63, 3.8) is 0 Å². The number of carbonyl (C=O) groups excluding carboxylic acids is 1. The highest BCUT2D eigenvalue weighted by atomic mass is 35.5. The Kier molecular flexibility index (Phi) is 6.29. The van der Waals surface area contributed by atoms with E-state index < -0.39 is 6.09 Å². The van der Waals surface area contributed by atoms with E-state index in [1.54, 1.807) is 41.3 Å². The minimum absolute atomic E-state index is 0.0786. The molecular weight excluding hydrogens is 376 g/mol. The number of amides is 2. The predicted octanol–water partition coefficient (Wildman–Crippen LogP) is 5.21. The lowest BCUT2D eigenvalue weighted by atomic mass is 10.1. The first kappa shape index (κ1) is 19.5. The van der Waals surface area contributed by atoms with Crippen LogP contribution in [0.25, 0.3) is 0 Å². The number of rotatable bonds is 6. The van der Waals surface area contributed by atoms with Gasteiger partial charge in [0.25, 0.3) is 0 Å². The lowest BCUT2D eigenvalue weighted by molar-refractivity contribution is -0.118. The normalized spacial score (nSPS) is 10.3. The Labute approximate surface area is 168 Å². The molecule has 0 unspecified atom stereocenters. The summed E-state index contributed by atoms with van der Waals surface area (Å²) in [5.74, 6) is -0.0786. The largest absolute Gasteiger partial charge is 0.465 e. The van der Waals surface area contributed by atoms with E-state index in [4.69, 9.17) is 16.7 Å². The monoisotopic (exact) mass is 394 g/mol. The number of hydrogen-bond acceptors (Lipinski definition) is 2. The van der Waals surface area contributed by atoms with Crippen molar-refractivity contribution < 1.29 is 14.7 Å². The van der Waals surface area contributed by atoms with E-state index in [1.807, 2.05) is 42.5 Å². The van der Waals surface area contributed by atoms with Crippen LogP contribution in [-0.2, 0) is 17.8 Å². The molecule has 2 amide bonds. The minimum Gasteiger partial charge on any atom is -0.465 e. The van der Waals surface area contributed by atoms with Crippen molar-refractivity contribution in [3.05, 3.63) is 95.0 Å². The van der Waals surface area contributed by atoms with E-state index >= 15 is 0 Å². The standard InChI is InChI=1S/C22H19ClN2O3/c23-18-8-4-7-17(13-18)14-21(26)25(15-16-5-2-1-3-6-16)20-11-9-19(10-12-20)24-22(27)28/h1-13,24H,14-15H2,(H,27,28). The van der Waals surface area contributed by atoms with Crippen LogP contribution in [0.15, 0.2) is 78.9 Å². The number of benzene rings is 3. The third-order valence-electron chi connectivity index (χ3n) is 4.16. The maximum Gasteiger partial charge on any atom is 0.409 e. The summed E-state index contributed by atoms with van der Waals surface area (Å²) in [6.07, 6.45) is -0.923. The highest BCUT2D eigenvalue weighted by Crippen LogP contribution is 2.22. The molecule has 28 heavy (non-hydrogen) atoms. The van der Waals surface area contributed by atoms with Crippen LogP contribution < -0.4 is 10.2 Å². The Morgan fingerprint density at radius 2 is 1.57 bits per heavy atom. The third-order valence-corrected chi connectivity index (χ3v) is 4.39. The molecule has 0 spiro atoms. The van der Waals surface area contributed by atoms with Crippen LogP contribution in [0.3, 0.4) is 0 Å². The summed E-state index contributed by atoms with van der Waals surface area (Å²) in [4.78, 5) is 25.5. The van der Waals surface area contributed by atoms with Crippen molar-refractivity contribution in [2.45, 2.75) is 13.0 Å². The van der Waals surface area contributed by atoms with Crippen LogP contribution in [0.2, 0.25) is 5.02 Å². The fourth-order valence-electron chi connectivity index (χ4n) is 2.85. The molecule has 0 radical (unpaired) electrons. The van der Waals surface area contributed by atoms with E-state index in [1.165, 1.54) is 0 Å². The van der Waals surface area contributed by atoms with Crippen LogP contribution in [0.1, 0.15) is 11.1 Å². The Morgan fingerprint density at radius 3 is 2.21 bits per heavy atom. The van der Waals surface area contributed by atoms with Gasteiger partial charge < -0.3 is 10.0 Å². The molecule has 3 aromatic rings. The lowest BCUT2D eigenvalue weighted by Gasteiger charge is -2.23. The molecule has 142 valence electrons. The zero-order valence-electron chi connectivity index (χ0n) is 15.0. The van der Waals surface area contributed by atoms with E-state index in [0.717, 1.165) is 11.1 Å². The molecule has 0 saturated carbocycles. The highest BCUT2D eigenvalue weighted by molar-refractivity contribution is 6.30. The summed E-state index contributed by atoms with van der Waals surface area (Å²) in [5.41, 5.74) is 2.96. The molecule has 0 aliphatic rings. The molecule has 3 aromatic carbocycles. The van der Waals surface area contributed by atoms with Gasteiger partial charge in [-0.3, -0.25) is 10.1 Å². The first-order chi connectivity index (χ1) is 13.5. The van der Waals surface area contributed by atoms with Crippen LogP contribution in [0, 0.1) is 0 Å². The molecule has 0 aromatic heterocycles. The minimum atomic E-state index is -1.13. The smallest absolute Gasteiger partial charge is 0.409 e. The van der Waals surface area contributed by atoms with Gasteiger partial charge in [-0.05, 0) is 47.5 Å². The average Bonchev–Trinajstić information content (AvgIpc) is 2.67. The van der Waals surface area contributed by atoms with Crippen molar-refractivity contribution in [2.24, 2.45) is 0 Å². The molecule has 0 aliphatic carbocycles. The molecule has 0 atom stereocenters. The first-order valence-corrected chi connectivity index (χ1v) is 9.08. The molecule has 6 heteroatoms.